The molecule has 104 valence electrons. The molecule has 0 spiro atoms. The molecule has 1 heterocycles. The van der Waals surface area contributed by atoms with Gasteiger partial charge in [0.15, 0.2) is 0 Å². The molecule has 2 N–H and O–H groups in total. The molecule has 0 radical (unpaired) electrons. The summed E-state index contributed by atoms with van der Waals surface area (Å²) in [5, 5.41) is 8.86. The van der Waals surface area contributed by atoms with Gasteiger partial charge in [-0.1, -0.05) is 5.92 Å². The fourth-order valence-corrected chi connectivity index (χ4v) is 3.10. The molecule has 0 atom stereocenters. The number of carboxylic acid groups (broad SMARTS) is 1. The molecule has 0 saturated carbocycles. The lowest BCUT2D eigenvalue weighted by Crippen LogP contribution is -2.25. The summed E-state index contributed by atoms with van der Waals surface area (Å²) in [7, 11) is -2.20. The van der Waals surface area contributed by atoms with Crippen LogP contribution in [0.3, 0.4) is 0 Å². The van der Waals surface area contributed by atoms with Crippen molar-refractivity contribution in [2.75, 3.05) is 18.1 Å². The van der Waals surface area contributed by atoms with Gasteiger partial charge in [0.25, 0.3) is 0 Å². The second-order valence-corrected chi connectivity index (χ2v) is 6.50. The number of aryl methyl sites for hydroxylation is 1. The predicted octanol–water partition coefficient (Wildman–Crippen LogP) is 0.368. The highest BCUT2D eigenvalue weighted by molar-refractivity contribution is 7.99. The van der Waals surface area contributed by atoms with Crippen molar-refractivity contribution in [1.82, 2.24) is 9.29 Å². The van der Waals surface area contributed by atoms with E-state index in [0.29, 0.717) is 11.5 Å². The van der Waals surface area contributed by atoms with E-state index in [1.54, 1.807) is 0 Å². The minimum absolute atomic E-state index is 0.0608. The fraction of sp³-hybridized carbons (Fsp3) is 0.364. The van der Waals surface area contributed by atoms with Gasteiger partial charge in [-0.25, -0.2) is 17.9 Å². The Morgan fingerprint density at radius 3 is 2.84 bits per heavy atom. The smallest absolute Gasteiger partial charge is 0.352 e. The zero-order chi connectivity index (χ0) is 14.5. The fourth-order valence-electron chi connectivity index (χ4n) is 1.36. The Morgan fingerprint density at radius 2 is 2.32 bits per heavy atom. The van der Waals surface area contributed by atoms with Crippen molar-refractivity contribution in [3.05, 3.63) is 18.0 Å². The minimum Gasteiger partial charge on any atom is -0.477 e. The number of aromatic carboxylic acids is 1. The van der Waals surface area contributed by atoms with Crippen LogP contribution in [0.15, 0.2) is 17.2 Å². The summed E-state index contributed by atoms with van der Waals surface area (Å²) in [6.07, 6.45) is 6.33. The van der Waals surface area contributed by atoms with E-state index in [1.165, 1.54) is 29.6 Å². The molecule has 0 bridgehead atoms. The Hall–Kier alpha value is -1.43. The van der Waals surface area contributed by atoms with Crippen LogP contribution in [-0.4, -0.2) is 42.1 Å². The first-order valence-electron chi connectivity index (χ1n) is 5.29. The number of hydrogen-bond donors (Lipinski definition) is 2. The van der Waals surface area contributed by atoms with Crippen LogP contribution in [0.2, 0.25) is 0 Å². The van der Waals surface area contributed by atoms with Crippen LogP contribution in [0.1, 0.15) is 10.5 Å². The molecule has 8 heteroatoms. The van der Waals surface area contributed by atoms with E-state index in [0.717, 1.165) is 6.07 Å². The normalized spacial score (nSPS) is 11.2. The Kier molecular flexibility index (Phi) is 5.47. The van der Waals surface area contributed by atoms with Gasteiger partial charge in [0.1, 0.15) is 10.6 Å². The number of hydrogen-bond acceptors (Lipinski definition) is 4. The van der Waals surface area contributed by atoms with Crippen LogP contribution in [0.4, 0.5) is 0 Å². The maximum absolute atomic E-state index is 11.9. The third kappa shape index (κ3) is 4.31. The lowest BCUT2D eigenvalue weighted by atomic mass is 10.4. The van der Waals surface area contributed by atoms with E-state index in [-0.39, 0.29) is 17.1 Å². The third-order valence-electron chi connectivity index (χ3n) is 2.23. The van der Waals surface area contributed by atoms with Gasteiger partial charge in [0.2, 0.25) is 10.0 Å². The van der Waals surface area contributed by atoms with E-state index in [4.69, 9.17) is 11.5 Å². The number of nitrogens with zero attached hydrogens (tertiary/aromatic N) is 1. The number of nitrogens with one attached hydrogen (secondary N) is 1. The van der Waals surface area contributed by atoms with Crippen molar-refractivity contribution in [3.8, 4) is 12.3 Å². The summed E-state index contributed by atoms with van der Waals surface area (Å²) in [6.45, 7) is 0.242. The van der Waals surface area contributed by atoms with Crippen LogP contribution in [-0.2, 0) is 17.1 Å². The maximum atomic E-state index is 11.9. The molecule has 0 fully saturated rings. The summed E-state index contributed by atoms with van der Waals surface area (Å²) < 4.78 is 27.4. The van der Waals surface area contributed by atoms with Crippen molar-refractivity contribution >= 4 is 27.8 Å². The summed E-state index contributed by atoms with van der Waals surface area (Å²) in [6, 6.07) is 1.12. The highest BCUT2D eigenvalue weighted by atomic mass is 32.2. The van der Waals surface area contributed by atoms with Gasteiger partial charge in [0, 0.05) is 25.5 Å². The van der Waals surface area contributed by atoms with E-state index in [1.807, 2.05) is 0 Å². The molecule has 1 rings (SSSR count). The zero-order valence-corrected chi connectivity index (χ0v) is 11.9. The molecule has 0 unspecified atom stereocenters. The van der Waals surface area contributed by atoms with Crippen molar-refractivity contribution in [3.63, 3.8) is 0 Å². The minimum atomic E-state index is -3.68. The first kappa shape index (κ1) is 15.6. The van der Waals surface area contributed by atoms with Gasteiger partial charge in [-0.2, -0.15) is 0 Å². The first-order valence-corrected chi connectivity index (χ1v) is 7.93. The lowest BCUT2D eigenvalue weighted by Gasteiger charge is -2.03. The Morgan fingerprint density at radius 1 is 1.63 bits per heavy atom. The Balaban J connectivity index is 2.70. The van der Waals surface area contributed by atoms with Gasteiger partial charge in [-0.15, -0.1) is 18.2 Å². The standard InChI is InChI=1S/C11H14N2O4S2/c1-3-5-18-6-4-12-19(16,17)9-7-10(11(14)15)13(2)8-9/h1,7-8,12H,4-6H2,2H3,(H,14,15). The number of aromatic nitrogens is 1. The average molecular weight is 302 g/mol. The predicted molar refractivity (Wildman–Crippen MR) is 73.7 cm³/mol. The molecular formula is C11H14N2O4S2. The second kappa shape index (κ2) is 6.65. The molecule has 1 aromatic heterocycles. The molecule has 1 aromatic rings. The van der Waals surface area contributed by atoms with Gasteiger partial charge >= 0.3 is 5.97 Å². The van der Waals surface area contributed by atoms with E-state index in [2.05, 4.69) is 10.6 Å². The van der Waals surface area contributed by atoms with Crippen molar-refractivity contribution in [2.24, 2.45) is 7.05 Å². The summed E-state index contributed by atoms with van der Waals surface area (Å²) in [4.78, 5) is 10.8. The van der Waals surface area contributed by atoms with Crippen LogP contribution < -0.4 is 4.72 Å². The molecule has 6 nitrogen and oxygen atoms in total. The third-order valence-corrected chi connectivity index (χ3v) is 4.52. The number of terminal acetylenes is 1. The van der Waals surface area contributed by atoms with Gasteiger partial charge in [0.05, 0.1) is 5.75 Å². The van der Waals surface area contributed by atoms with Gasteiger partial charge in [-0.3, -0.25) is 0 Å². The monoisotopic (exact) mass is 302 g/mol. The molecule has 0 amide bonds. The van der Waals surface area contributed by atoms with E-state index >= 15 is 0 Å². The van der Waals surface area contributed by atoms with E-state index in [9.17, 15) is 13.2 Å². The number of sulfonamides is 1. The lowest BCUT2D eigenvalue weighted by molar-refractivity contribution is 0.0686. The number of carbonyl (C=O) groups is 1. The van der Waals surface area contributed by atoms with Crippen molar-refractivity contribution < 1.29 is 18.3 Å². The zero-order valence-electron chi connectivity index (χ0n) is 10.3. The van der Waals surface area contributed by atoms with E-state index < -0.39 is 16.0 Å². The van der Waals surface area contributed by atoms with Crippen molar-refractivity contribution in [1.29, 1.82) is 0 Å². The SMILES string of the molecule is C#CCSCCNS(=O)(=O)c1cc(C(=O)O)n(C)c1. The van der Waals surface area contributed by atoms with Gasteiger partial charge in [-0.05, 0) is 6.07 Å². The molecule has 0 aromatic carbocycles. The molecule has 0 saturated heterocycles. The number of rotatable bonds is 7. The van der Waals surface area contributed by atoms with Crippen molar-refractivity contribution in [2.45, 2.75) is 4.90 Å². The highest BCUT2D eigenvalue weighted by Crippen LogP contribution is 2.13. The number of carboxylic acids is 1. The first-order chi connectivity index (χ1) is 8.88. The topological polar surface area (TPSA) is 88.4 Å². The Labute approximate surface area is 116 Å². The number of thioether (sulfide) groups is 1. The second-order valence-electron chi connectivity index (χ2n) is 3.63. The van der Waals surface area contributed by atoms with Gasteiger partial charge < -0.3 is 9.67 Å². The molecule has 0 aliphatic carbocycles. The highest BCUT2D eigenvalue weighted by Gasteiger charge is 2.19. The van der Waals surface area contributed by atoms with Crippen LogP contribution >= 0.6 is 11.8 Å². The molecular weight excluding hydrogens is 288 g/mol. The quantitative estimate of drug-likeness (QED) is 0.561. The summed E-state index contributed by atoms with van der Waals surface area (Å²) >= 11 is 1.44. The summed E-state index contributed by atoms with van der Waals surface area (Å²) in [5.74, 6) is 2.35. The maximum Gasteiger partial charge on any atom is 0.352 e. The molecule has 0 aliphatic heterocycles. The Bertz CT molecular complexity index is 599. The van der Waals surface area contributed by atoms with Crippen LogP contribution in [0.25, 0.3) is 0 Å². The summed E-state index contributed by atoms with van der Waals surface area (Å²) in [5.41, 5.74) is -0.0814. The average Bonchev–Trinajstić information content (AvgIpc) is 2.72. The largest absolute Gasteiger partial charge is 0.477 e. The van der Waals surface area contributed by atoms with Crippen LogP contribution in [0.5, 0.6) is 0 Å². The molecule has 0 aliphatic rings. The molecule has 19 heavy (non-hydrogen) atoms. The van der Waals surface area contributed by atoms with Crippen LogP contribution in [0, 0.1) is 12.3 Å².